The van der Waals surface area contributed by atoms with Gasteiger partial charge in [-0.1, -0.05) is 27.7 Å². The van der Waals surface area contributed by atoms with Crippen LogP contribution >= 0.6 is 41.0 Å². The molecule has 0 heterocycles. The zero-order chi connectivity index (χ0) is 24.1. The third-order valence-corrected chi connectivity index (χ3v) is 15.5. The van der Waals surface area contributed by atoms with Crippen molar-refractivity contribution in [3.63, 3.8) is 0 Å². The molecular weight excluding hydrogens is 488 g/mol. The van der Waals surface area contributed by atoms with Crippen molar-refractivity contribution >= 4 is 41.0 Å². The molecule has 0 aromatic carbocycles. The summed E-state index contributed by atoms with van der Waals surface area (Å²) in [4.78, 5) is 0. The van der Waals surface area contributed by atoms with E-state index in [1.165, 1.54) is 31.1 Å². The predicted octanol–water partition coefficient (Wildman–Crippen LogP) is 3.23. The van der Waals surface area contributed by atoms with E-state index >= 15 is 0 Å². The summed E-state index contributed by atoms with van der Waals surface area (Å²) in [5.41, 5.74) is 0. The molecule has 0 bridgehead atoms. The Morgan fingerprint density at radius 3 is 0.900 bits per heavy atom. The van der Waals surface area contributed by atoms with Crippen molar-refractivity contribution in [3.05, 3.63) is 0 Å². The molecule has 12 heteroatoms. The first-order chi connectivity index (χ1) is 14.2. The number of hydrogen-bond donors (Lipinski definition) is 7. The zero-order valence-corrected chi connectivity index (χ0v) is 23.5. The van der Waals surface area contributed by atoms with Crippen LogP contribution in [0.5, 0.6) is 0 Å². The van der Waals surface area contributed by atoms with Crippen molar-refractivity contribution in [2.45, 2.75) is 34.1 Å². The van der Waals surface area contributed by atoms with Crippen LogP contribution in [0.1, 0.15) is 34.1 Å². The molecule has 30 heavy (non-hydrogen) atoms. The second-order valence-corrected chi connectivity index (χ2v) is 22.8. The number of halogens is 1. The third kappa shape index (κ3) is 17.2. The van der Waals surface area contributed by atoms with Gasteiger partial charge in [0.05, 0.1) is 19.0 Å². The van der Waals surface area contributed by atoms with Gasteiger partial charge in [0.1, 0.15) is 0 Å². The topological polar surface area (TPSA) is 142 Å². The van der Waals surface area contributed by atoms with Gasteiger partial charge in [-0.15, -0.1) is 15.8 Å². The van der Waals surface area contributed by atoms with Gasteiger partial charge < -0.3 is 15.3 Å². The molecule has 0 aromatic heterocycles. The average molecular weight is 535 g/mol. The van der Waals surface area contributed by atoms with Crippen LogP contribution in [-0.2, 0) is 0 Å². The Morgan fingerprint density at radius 1 is 0.533 bits per heavy atom. The Balaban J connectivity index is -0.000000383. The second-order valence-electron chi connectivity index (χ2n) is 6.89. The van der Waals surface area contributed by atoms with Gasteiger partial charge in [-0.3, -0.25) is 0 Å². The van der Waals surface area contributed by atoms with E-state index in [9.17, 15) is 0 Å². The van der Waals surface area contributed by atoms with Gasteiger partial charge in [0.15, 0.2) is 0 Å². The molecule has 0 fully saturated rings. The number of hydrogen-bond acceptors (Lipinski definition) is 7. The molecule has 0 saturated heterocycles. The van der Waals surface area contributed by atoms with E-state index in [-0.39, 0.29) is 19.0 Å². The van der Waals surface area contributed by atoms with Crippen molar-refractivity contribution in [2.24, 2.45) is 0 Å². The van der Waals surface area contributed by atoms with E-state index in [1.807, 2.05) is 0 Å². The fraction of sp³-hybridized carbons (Fsp3) is 1.00. The molecule has 0 aromatic rings. The fourth-order valence-electron chi connectivity index (χ4n) is 2.00. The van der Waals surface area contributed by atoms with E-state index in [2.05, 4.69) is 27.7 Å². The summed E-state index contributed by atoms with van der Waals surface area (Å²) >= 11 is 5.67. The predicted molar refractivity (Wildman–Crippen MR) is 140 cm³/mol. The summed E-state index contributed by atoms with van der Waals surface area (Å²) in [5, 5.41) is 59.4. The molecule has 0 spiro atoms. The average Bonchev–Trinajstić information content (AvgIpc) is 2.81. The van der Waals surface area contributed by atoms with Crippen LogP contribution in [0, 0.1) is 0 Å². The number of aliphatic hydroxyl groups excluding tert-OH is 7. The Bertz CT molecular complexity index is 316. The molecule has 0 radical (unpaired) electrons. The normalized spacial score (nSPS) is 12.8. The van der Waals surface area contributed by atoms with Crippen LogP contribution in [0.25, 0.3) is 0 Å². The molecule has 0 amide bonds. The van der Waals surface area contributed by atoms with Crippen LogP contribution in [0.4, 0.5) is 0 Å². The molecule has 0 atom stereocenters. The summed E-state index contributed by atoms with van der Waals surface area (Å²) in [5.74, 6) is -3.46. The maximum absolute atomic E-state index is 8.68. The van der Waals surface area contributed by atoms with Gasteiger partial charge in [-0.25, -0.2) is 0 Å². The van der Waals surface area contributed by atoms with E-state index < -0.39 is 39.3 Å². The monoisotopic (exact) mass is 534 g/mol. The van der Waals surface area contributed by atoms with Gasteiger partial charge in [-0.2, -0.15) is 0 Å². The van der Waals surface area contributed by atoms with E-state index in [0.717, 1.165) is 0 Å². The third-order valence-electron chi connectivity index (χ3n) is 4.75. The van der Waals surface area contributed by atoms with E-state index in [0.29, 0.717) is 15.8 Å². The molecule has 0 saturated carbocycles. The second kappa shape index (κ2) is 22.5. The maximum atomic E-state index is 8.68. The summed E-state index contributed by atoms with van der Waals surface area (Å²) in [6.07, 6.45) is 7.96. The van der Waals surface area contributed by atoms with Crippen molar-refractivity contribution in [1.82, 2.24) is 0 Å². The minimum atomic E-state index is -3.46. The van der Waals surface area contributed by atoms with Gasteiger partial charge in [-0.05, 0) is 51.3 Å². The molecule has 0 aliphatic heterocycles. The summed E-state index contributed by atoms with van der Waals surface area (Å²) < 4.78 is 0. The van der Waals surface area contributed by atoms with Crippen molar-refractivity contribution < 1.29 is 35.7 Å². The molecule has 0 aliphatic carbocycles. The Labute approximate surface area is 192 Å². The Hall–Kier alpha value is 1.73. The van der Waals surface area contributed by atoms with Crippen LogP contribution in [0.15, 0.2) is 0 Å². The standard InChI is InChI=1S/C11H26P2.C4H12ClO4P.C3H9O3P/c1-5-12(6-2)10-9-11-13(7-3)8-4;5-10(1-6,2-7,3-8)4-9;4-1-7(2-5)3-6/h5-11H2,1-4H3;6-9H,1-4H2;4-6H,1-3H2. The molecule has 7 N–H and O–H groups in total. The first-order valence-electron chi connectivity index (χ1n) is 10.3. The molecule has 7 nitrogen and oxygen atoms in total. The molecule has 188 valence electrons. The van der Waals surface area contributed by atoms with Crippen LogP contribution in [0.2, 0.25) is 0 Å². The summed E-state index contributed by atoms with van der Waals surface area (Å²) in [7, 11) is -0.0604. The Kier molecular flexibility index (Phi) is 27.2. The SMILES string of the molecule is CCP(CC)CCCP(CC)CC.OCP(CO)CO.OCP(Cl)(CO)(CO)CO. The van der Waals surface area contributed by atoms with Crippen molar-refractivity contribution in [2.75, 3.05) is 81.4 Å². The van der Waals surface area contributed by atoms with Crippen molar-refractivity contribution in [3.8, 4) is 0 Å². The minimum absolute atomic E-state index is 0.0810. The van der Waals surface area contributed by atoms with Gasteiger partial charge >= 0.3 is 63.0 Å². The first kappa shape index (κ1) is 36.3. The quantitative estimate of drug-likeness (QED) is 0.160. The van der Waals surface area contributed by atoms with E-state index in [4.69, 9.17) is 47.0 Å². The van der Waals surface area contributed by atoms with Crippen LogP contribution < -0.4 is 0 Å². The molecule has 0 rings (SSSR count). The Morgan fingerprint density at radius 2 is 0.800 bits per heavy atom. The zero-order valence-electron chi connectivity index (χ0n) is 19.2. The molecule has 0 unspecified atom stereocenters. The van der Waals surface area contributed by atoms with Crippen LogP contribution in [-0.4, -0.2) is 117 Å². The molecule has 0 aliphatic rings. The first-order valence-corrected chi connectivity index (χ1v) is 19.9. The van der Waals surface area contributed by atoms with Crippen LogP contribution in [0.3, 0.4) is 0 Å². The fourth-order valence-corrected chi connectivity index (χ4v) is 6.42. The summed E-state index contributed by atoms with van der Waals surface area (Å²) in [6, 6.07) is 0. The van der Waals surface area contributed by atoms with Gasteiger partial charge in [0, 0.05) is 0 Å². The van der Waals surface area contributed by atoms with Gasteiger partial charge in [0.2, 0.25) is 0 Å². The number of rotatable bonds is 15. The van der Waals surface area contributed by atoms with Crippen molar-refractivity contribution in [1.29, 1.82) is 0 Å². The molecular formula is C18H47ClO7P4. The summed E-state index contributed by atoms with van der Waals surface area (Å²) in [6.45, 7) is 9.44. The van der Waals surface area contributed by atoms with Gasteiger partial charge in [0.25, 0.3) is 0 Å². The van der Waals surface area contributed by atoms with E-state index in [1.54, 1.807) is 12.3 Å². The number of aliphatic hydroxyl groups is 7.